The number of amides is 8. The largest absolute Gasteiger partial charge is 0.480 e. The van der Waals surface area contributed by atoms with Crippen LogP contribution in [0.5, 0.6) is 0 Å². The molecule has 1 saturated heterocycles. The number of hydrogen-bond donors (Lipinski definition) is 10. The van der Waals surface area contributed by atoms with Crippen LogP contribution in [0, 0.1) is 5.92 Å². The number of primary amides is 2. The van der Waals surface area contributed by atoms with Crippen LogP contribution in [0.15, 0.2) is 0 Å². The molecule has 1 rings (SSSR count). The number of hydrogen-bond acceptors (Lipinski definition) is 11. The monoisotopic (exact) mass is 713 g/mol. The van der Waals surface area contributed by atoms with Gasteiger partial charge in [0.15, 0.2) is 0 Å². The van der Waals surface area contributed by atoms with Crippen LogP contribution in [0.1, 0.15) is 72.6 Å². The highest BCUT2D eigenvalue weighted by Crippen LogP contribution is 2.22. The summed E-state index contributed by atoms with van der Waals surface area (Å²) < 4.78 is 0. The summed E-state index contributed by atoms with van der Waals surface area (Å²) in [4.78, 5) is 114. The van der Waals surface area contributed by atoms with Gasteiger partial charge in [-0.1, -0.05) is 20.3 Å². The SMILES string of the molecule is CC[C@H](C)[C@H](NC(=O)[C@H](CCC(N)=O)NC(=O)[C@H](C)NC(=O)[C@H](CCC(N)=O)NC(=O)[C@@H](N)CO)C(=O)N1CCC[C@H]1C(=O)N[C@@H](C)C(=O)O. The van der Waals surface area contributed by atoms with Gasteiger partial charge in [-0.05, 0) is 45.4 Å². The summed E-state index contributed by atoms with van der Waals surface area (Å²) >= 11 is 0. The first-order valence-electron chi connectivity index (χ1n) is 16.3. The molecule has 0 aromatic heterocycles. The maximum atomic E-state index is 13.8. The lowest BCUT2D eigenvalue weighted by Crippen LogP contribution is -2.60. The highest BCUT2D eigenvalue weighted by Gasteiger charge is 2.40. The van der Waals surface area contributed by atoms with Crippen molar-refractivity contribution in [2.45, 2.75) is 115 Å². The van der Waals surface area contributed by atoms with E-state index in [9.17, 15) is 43.2 Å². The number of nitrogens with one attached hydrogen (secondary N) is 5. The van der Waals surface area contributed by atoms with E-state index in [1.54, 1.807) is 13.8 Å². The minimum absolute atomic E-state index is 0.174. The summed E-state index contributed by atoms with van der Waals surface area (Å²) in [6.45, 7) is 5.45. The molecule has 1 fully saturated rings. The normalized spacial score (nSPS) is 18.2. The Kier molecular flexibility index (Phi) is 17.8. The van der Waals surface area contributed by atoms with Gasteiger partial charge in [-0.2, -0.15) is 0 Å². The molecule has 8 atom stereocenters. The van der Waals surface area contributed by atoms with Crippen LogP contribution in [0.25, 0.3) is 0 Å². The van der Waals surface area contributed by atoms with Gasteiger partial charge in [-0.15, -0.1) is 0 Å². The molecule has 0 saturated carbocycles. The smallest absolute Gasteiger partial charge is 0.325 e. The Bertz CT molecular complexity index is 1280. The van der Waals surface area contributed by atoms with Gasteiger partial charge >= 0.3 is 5.97 Å². The Balaban J connectivity index is 3.16. The van der Waals surface area contributed by atoms with Gasteiger partial charge in [0.1, 0.15) is 42.3 Å². The van der Waals surface area contributed by atoms with E-state index in [2.05, 4.69) is 26.6 Å². The van der Waals surface area contributed by atoms with E-state index in [1.165, 1.54) is 18.7 Å². The Hall–Kier alpha value is -4.85. The first kappa shape index (κ1) is 43.2. The van der Waals surface area contributed by atoms with Crippen LogP contribution in [0.4, 0.5) is 0 Å². The maximum absolute atomic E-state index is 13.8. The van der Waals surface area contributed by atoms with E-state index in [0.29, 0.717) is 12.8 Å². The molecule has 0 unspecified atom stereocenters. The number of rotatable bonds is 21. The number of aliphatic hydroxyl groups is 1. The molecule has 20 nitrogen and oxygen atoms in total. The van der Waals surface area contributed by atoms with Gasteiger partial charge in [-0.25, -0.2) is 0 Å². The number of aliphatic hydroxyl groups excluding tert-OH is 1. The van der Waals surface area contributed by atoms with Crippen molar-refractivity contribution in [1.29, 1.82) is 0 Å². The molecule has 282 valence electrons. The third kappa shape index (κ3) is 13.6. The second kappa shape index (κ2) is 20.6. The second-order valence-electron chi connectivity index (χ2n) is 12.3. The number of nitrogens with zero attached hydrogens (tertiary/aromatic N) is 1. The zero-order valence-corrected chi connectivity index (χ0v) is 28.7. The van der Waals surface area contributed by atoms with Crippen molar-refractivity contribution in [3.63, 3.8) is 0 Å². The van der Waals surface area contributed by atoms with Crippen LogP contribution >= 0.6 is 0 Å². The fourth-order valence-electron chi connectivity index (χ4n) is 4.94. The molecule has 20 heteroatoms. The van der Waals surface area contributed by atoms with Crippen molar-refractivity contribution >= 4 is 53.2 Å². The van der Waals surface area contributed by atoms with Crippen molar-refractivity contribution in [1.82, 2.24) is 31.5 Å². The molecule has 8 amide bonds. The predicted molar refractivity (Wildman–Crippen MR) is 175 cm³/mol. The molecule has 0 aliphatic carbocycles. The van der Waals surface area contributed by atoms with E-state index in [0.717, 1.165) is 0 Å². The molecular formula is C30H51N9O11. The topological polar surface area (TPSA) is 336 Å². The highest BCUT2D eigenvalue weighted by atomic mass is 16.4. The van der Waals surface area contributed by atoms with Crippen molar-refractivity contribution in [3.05, 3.63) is 0 Å². The number of nitrogens with two attached hydrogens (primary N) is 3. The highest BCUT2D eigenvalue weighted by molar-refractivity contribution is 5.97. The zero-order chi connectivity index (χ0) is 38.3. The van der Waals surface area contributed by atoms with Gasteiger partial charge in [0, 0.05) is 19.4 Å². The molecule has 1 aliphatic heterocycles. The van der Waals surface area contributed by atoms with Crippen molar-refractivity contribution in [2.24, 2.45) is 23.1 Å². The molecule has 50 heavy (non-hydrogen) atoms. The number of carbonyl (C=O) groups is 9. The molecule has 0 radical (unpaired) electrons. The van der Waals surface area contributed by atoms with Gasteiger partial charge in [-0.3, -0.25) is 43.2 Å². The molecule has 0 aromatic rings. The number of likely N-dealkylation sites (tertiary alicyclic amines) is 1. The van der Waals surface area contributed by atoms with Crippen molar-refractivity contribution in [2.75, 3.05) is 13.2 Å². The first-order valence-corrected chi connectivity index (χ1v) is 16.3. The third-order valence-corrected chi connectivity index (χ3v) is 8.25. The van der Waals surface area contributed by atoms with Crippen LogP contribution < -0.4 is 43.8 Å². The Morgan fingerprint density at radius 2 is 1.28 bits per heavy atom. The van der Waals surface area contributed by atoms with Crippen molar-refractivity contribution < 1.29 is 53.4 Å². The predicted octanol–water partition coefficient (Wildman–Crippen LogP) is -4.58. The van der Waals surface area contributed by atoms with Gasteiger partial charge in [0.05, 0.1) is 6.61 Å². The summed E-state index contributed by atoms with van der Waals surface area (Å²) in [5.74, 6) is -8.11. The van der Waals surface area contributed by atoms with Gasteiger partial charge in [0.2, 0.25) is 47.3 Å². The van der Waals surface area contributed by atoms with E-state index in [1.807, 2.05) is 0 Å². The van der Waals surface area contributed by atoms with Crippen LogP contribution in [0.3, 0.4) is 0 Å². The van der Waals surface area contributed by atoms with E-state index in [-0.39, 0.29) is 38.6 Å². The number of aliphatic carboxylic acids is 1. The fourth-order valence-corrected chi connectivity index (χ4v) is 4.94. The maximum Gasteiger partial charge on any atom is 0.325 e. The third-order valence-electron chi connectivity index (χ3n) is 8.25. The molecule has 0 aromatic carbocycles. The average molecular weight is 714 g/mol. The van der Waals surface area contributed by atoms with Crippen LogP contribution in [0.2, 0.25) is 0 Å². The summed E-state index contributed by atoms with van der Waals surface area (Å²) in [6, 6.07) is -8.85. The molecular weight excluding hydrogens is 662 g/mol. The summed E-state index contributed by atoms with van der Waals surface area (Å²) in [5.41, 5.74) is 15.9. The lowest BCUT2D eigenvalue weighted by Gasteiger charge is -2.32. The summed E-state index contributed by atoms with van der Waals surface area (Å²) in [6.07, 6.45) is -0.0661. The lowest BCUT2D eigenvalue weighted by atomic mass is 9.96. The molecule has 0 bridgehead atoms. The minimum atomic E-state index is -1.42. The Morgan fingerprint density at radius 3 is 1.76 bits per heavy atom. The van der Waals surface area contributed by atoms with E-state index in [4.69, 9.17) is 27.4 Å². The van der Waals surface area contributed by atoms with Crippen molar-refractivity contribution in [3.8, 4) is 0 Å². The summed E-state index contributed by atoms with van der Waals surface area (Å²) in [7, 11) is 0. The quantitative estimate of drug-likeness (QED) is 0.0537. The fraction of sp³-hybridized carbons (Fsp3) is 0.700. The summed E-state index contributed by atoms with van der Waals surface area (Å²) in [5, 5.41) is 30.3. The molecule has 1 heterocycles. The lowest BCUT2D eigenvalue weighted by molar-refractivity contribution is -0.145. The number of carboxylic acid groups (broad SMARTS) is 1. The molecule has 0 spiro atoms. The zero-order valence-electron chi connectivity index (χ0n) is 28.7. The van der Waals surface area contributed by atoms with Gasteiger partial charge < -0.3 is 58.9 Å². The molecule has 1 aliphatic rings. The molecule has 13 N–H and O–H groups in total. The number of carbonyl (C=O) groups excluding carboxylic acids is 8. The van der Waals surface area contributed by atoms with E-state index >= 15 is 0 Å². The van der Waals surface area contributed by atoms with E-state index < -0.39 is 108 Å². The Labute approximate surface area is 289 Å². The second-order valence-corrected chi connectivity index (χ2v) is 12.3. The standard InChI is InChI=1S/C30H51N9O11/c1-5-14(2)23(29(48)39-12-6-7-20(39)28(47)35-16(4)30(49)50)38-27(46)19(9-11-22(33)42)36-24(43)15(3)34-26(45)18(8-10-21(32)41)37-25(44)17(31)13-40/h14-20,23,40H,5-13,31H2,1-4H3,(H2,32,41)(H2,33,42)(H,34,45)(H,35,47)(H,36,43)(H,37,44)(H,38,46)(H,49,50)/t14-,15-,16-,17-,18-,19-,20-,23-/m0/s1. The van der Waals surface area contributed by atoms with Crippen LogP contribution in [-0.4, -0.2) is 124 Å². The van der Waals surface area contributed by atoms with Crippen LogP contribution in [-0.2, 0) is 43.2 Å². The Morgan fingerprint density at radius 1 is 0.760 bits per heavy atom. The number of carboxylic acids is 1. The van der Waals surface area contributed by atoms with Gasteiger partial charge in [0.25, 0.3) is 0 Å². The first-order chi connectivity index (χ1) is 23.3. The minimum Gasteiger partial charge on any atom is -0.480 e. The average Bonchev–Trinajstić information content (AvgIpc) is 3.55.